The highest BCUT2D eigenvalue weighted by Crippen LogP contribution is 2.42. The van der Waals surface area contributed by atoms with Crippen LogP contribution in [0.25, 0.3) is 21.5 Å². The van der Waals surface area contributed by atoms with Gasteiger partial charge in [0.2, 0.25) is 5.91 Å². The van der Waals surface area contributed by atoms with Crippen molar-refractivity contribution in [3.05, 3.63) is 51.6 Å². The summed E-state index contributed by atoms with van der Waals surface area (Å²) < 4.78 is 21.2. The van der Waals surface area contributed by atoms with Crippen LogP contribution in [0.1, 0.15) is 23.3 Å². The third-order valence-electron chi connectivity index (χ3n) is 6.78. The molecule has 4 heterocycles. The van der Waals surface area contributed by atoms with E-state index < -0.39 is 12.3 Å². The first-order valence-electron chi connectivity index (χ1n) is 11.5. The number of rotatable bonds is 5. The number of halogens is 2. The molecule has 0 spiro atoms. The number of hydrogen-bond acceptors (Lipinski definition) is 7. The molecule has 2 aromatic heterocycles. The van der Waals surface area contributed by atoms with Crippen LogP contribution in [0.4, 0.5) is 4.39 Å². The van der Waals surface area contributed by atoms with E-state index in [1.165, 1.54) is 22.6 Å². The molecule has 10 heteroatoms. The first-order chi connectivity index (χ1) is 16.9. The van der Waals surface area contributed by atoms with Crippen LogP contribution in [0, 0.1) is 12.8 Å². The van der Waals surface area contributed by atoms with Crippen molar-refractivity contribution >= 4 is 45.0 Å². The number of aromatic nitrogens is 2. The molecule has 1 unspecified atom stereocenters. The Morgan fingerprint density at radius 2 is 2.11 bits per heavy atom. The standard InChI is InChI=1S/C25H22ClFN4O3S/c1-12-5-13(26)6-17(22(12)34-20-9-28-8-18(20)27)21-23-19(29-11-30-21)7-14(35-23)10-31-24(32)15-3-2-4-16(15)25(31)33/h3,5-7,11,16,18,20,28H,2,4,8-10H2,1H3/t16?,18-,20+/m0/s1. The van der Waals surface area contributed by atoms with Gasteiger partial charge in [0.15, 0.2) is 6.17 Å². The predicted octanol–water partition coefficient (Wildman–Crippen LogP) is 4.21. The number of thiophene rings is 1. The number of fused-ring (bicyclic) bond motifs is 2. The highest BCUT2D eigenvalue weighted by Gasteiger charge is 2.44. The number of likely N-dealkylation sites (tertiary alicyclic amines) is 1. The van der Waals surface area contributed by atoms with Crippen LogP contribution in [-0.2, 0) is 16.1 Å². The maximum Gasteiger partial charge on any atom is 0.257 e. The minimum Gasteiger partial charge on any atom is -0.485 e. The Labute approximate surface area is 210 Å². The van der Waals surface area contributed by atoms with Crippen LogP contribution in [0.3, 0.4) is 0 Å². The first-order valence-corrected chi connectivity index (χ1v) is 12.7. The van der Waals surface area contributed by atoms with Crippen LogP contribution in [-0.4, -0.2) is 52.0 Å². The molecule has 6 rings (SSSR count). The smallest absolute Gasteiger partial charge is 0.257 e. The van der Waals surface area contributed by atoms with Gasteiger partial charge < -0.3 is 10.1 Å². The monoisotopic (exact) mass is 512 g/mol. The van der Waals surface area contributed by atoms with E-state index in [0.717, 1.165) is 21.6 Å². The van der Waals surface area contributed by atoms with Crippen molar-refractivity contribution in [3.63, 3.8) is 0 Å². The van der Waals surface area contributed by atoms with Crippen molar-refractivity contribution in [2.45, 2.75) is 38.6 Å². The summed E-state index contributed by atoms with van der Waals surface area (Å²) in [7, 11) is 0. The van der Waals surface area contributed by atoms with Crippen LogP contribution < -0.4 is 10.1 Å². The van der Waals surface area contributed by atoms with E-state index in [2.05, 4.69) is 15.3 Å². The number of hydrogen-bond donors (Lipinski definition) is 1. The van der Waals surface area contributed by atoms with Gasteiger partial charge in [-0.15, -0.1) is 11.3 Å². The number of nitrogens with zero attached hydrogens (tertiary/aromatic N) is 3. The second kappa shape index (κ2) is 8.65. The van der Waals surface area contributed by atoms with E-state index in [1.807, 2.05) is 19.1 Å². The number of benzene rings is 1. The normalized spacial score (nSPS) is 23.9. The highest BCUT2D eigenvalue weighted by atomic mass is 35.5. The topological polar surface area (TPSA) is 84.4 Å². The third-order valence-corrected chi connectivity index (χ3v) is 8.11. The van der Waals surface area contributed by atoms with Gasteiger partial charge in [0.25, 0.3) is 5.91 Å². The Bertz CT molecular complexity index is 1410. The van der Waals surface area contributed by atoms with Crippen molar-refractivity contribution in [1.82, 2.24) is 20.2 Å². The molecule has 1 aliphatic carbocycles. The lowest BCUT2D eigenvalue weighted by molar-refractivity contribution is -0.139. The van der Waals surface area contributed by atoms with Crippen molar-refractivity contribution in [2.24, 2.45) is 5.92 Å². The molecule has 3 aliphatic rings. The number of ether oxygens (including phenoxy) is 1. The molecule has 3 atom stereocenters. The zero-order valence-corrected chi connectivity index (χ0v) is 20.5. The number of allylic oxidation sites excluding steroid dienone is 1. The van der Waals surface area contributed by atoms with Crippen molar-refractivity contribution in [1.29, 1.82) is 0 Å². The Morgan fingerprint density at radius 3 is 2.89 bits per heavy atom. The Hall–Kier alpha value is -2.88. The summed E-state index contributed by atoms with van der Waals surface area (Å²) >= 11 is 7.82. The largest absolute Gasteiger partial charge is 0.485 e. The molecule has 3 aromatic rings. The van der Waals surface area contributed by atoms with E-state index >= 15 is 0 Å². The van der Waals surface area contributed by atoms with Gasteiger partial charge in [-0.3, -0.25) is 14.5 Å². The number of alkyl halides is 1. The van der Waals surface area contributed by atoms with E-state index in [1.54, 1.807) is 12.1 Å². The van der Waals surface area contributed by atoms with Gasteiger partial charge in [-0.2, -0.15) is 0 Å². The van der Waals surface area contributed by atoms with E-state index in [4.69, 9.17) is 16.3 Å². The van der Waals surface area contributed by atoms with Gasteiger partial charge in [-0.1, -0.05) is 17.7 Å². The Morgan fingerprint density at radius 1 is 1.26 bits per heavy atom. The van der Waals surface area contributed by atoms with Crippen molar-refractivity contribution < 1.29 is 18.7 Å². The van der Waals surface area contributed by atoms with Crippen molar-refractivity contribution in [2.75, 3.05) is 13.1 Å². The lowest BCUT2D eigenvalue weighted by Gasteiger charge is -2.20. The SMILES string of the molecule is Cc1cc(Cl)cc(-c2ncnc3cc(CN4C(=O)C5=CCCC5C4=O)sc23)c1O[C@@H]1CNC[C@@H]1F. The number of carbonyl (C=O) groups excluding carboxylic acids is 2. The molecule has 2 amide bonds. The fraction of sp³-hybridized carbons (Fsp3) is 0.360. The number of nitrogens with one attached hydrogen (secondary N) is 1. The van der Waals surface area contributed by atoms with Crippen molar-refractivity contribution in [3.8, 4) is 17.0 Å². The lowest BCUT2D eigenvalue weighted by Crippen LogP contribution is -2.30. The lowest BCUT2D eigenvalue weighted by atomic mass is 10.1. The average molecular weight is 513 g/mol. The van der Waals surface area contributed by atoms with E-state index in [9.17, 15) is 14.0 Å². The molecule has 180 valence electrons. The summed E-state index contributed by atoms with van der Waals surface area (Å²) in [6, 6.07) is 5.43. The maximum absolute atomic E-state index is 14.3. The number of imide groups is 1. The number of amides is 2. The summed E-state index contributed by atoms with van der Waals surface area (Å²) in [6.45, 7) is 2.74. The van der Waals surface area contributed by atoms with Crippen LogP contribution in [0.2, 0.25) is 5.02 Å². The molecular weight excluding hydrogens is 491 g/mol. The van der Waals surface area contributed by atoms with Crippen LogP contribution in [0.15, 0.2) is 36.2 Å². The summed E-state index contributed by atoms with van der Waals surface area (Å²) in [6.07, 6.45) is 3.10. The first kappa shape index (κ1) is 22.6. The molecule has 1 aromatic carbocycles. The molecular formula is C25H22ClFN4O3S. The maximum atomic E-state index is 14.3. The summed E-state index contributed by atoms with van der Waals surface area (Å²) in [5.41, 5.74) is 3.38. The Kier molecular flexibility index (Phi) is 5.58. The van der Waals surface area contributed by atoms with E-state index in [-0.39, 0.29) is 30.8 Å². The molecule has 0 radical (unpaired) electrons. The van der Waals surface area contributed by atoms with Crippen LogP contribution in [0.5, 0.6) is 5.75 Å². The second-order valence-electron chi connectivity index (χ2n) is 9.10. The number of carbonyl (C=O) groups is 2. The minimum atomic E-state index is -1.11. The Balaban J connectivity index is 1.38. The quantitative estimate of drug-likeness (QED) is 0.515. The second-order valence-corrected chi connectivity index (χ2v) is 10.7. The zero-order valence-electron chi connectivity index (χ0n) is 18.9. The van der Waals surface area contributed by atoms with Crippen LogP contribution >= 0.6 is 22.9 Å². The van der Waals surface area contributed by atoms with Gasteiger partial charge in [0.1, 0.15) is 18.2 Å². The fourth-order valence-corrected chi connectivity index (χ4v) is 6.45. The summed E-state index contributed by atoms with van der Waals surface area (Å²) in [5, 5.41) is 3.52. The van der Waals surface area contributed by atoms with Gasteiger partial charge >= 0.3 is 0 Å². The molecule has 7 nitrogen and oxygen atoms in total. The summed E-state index contributed by atoms with van der Waals surface area (Å²) in [4.78, 5) is 36.6. The van der Waals surface area contributed by atoms with Gasteiger partial charge in [-0.05, 0) is 43.5 Å². The molecule has 2 fully saturated rings. The third kappa shape index (κ3) is 3.82. The molecule has 2 aliphatic heterocycles. The predicted molar refractivity (Wildman–Crippen MR) is 131 cm³/mol. The highest BCUT2D eigenvalue weighted by molar-refractivity contribution is 7.19. The molecule has 1 N–H and O–H groups in total. The van der Waals surface area contributed by atoms with Gasteiger partial charge in [-0.25, -0.2) is 14.4 Å². The molecule has 35 heavy (non-hydrogen) atoms. The molecule has 2 saturated heterocycles. The minimum absolute atomic E-state index is 0.130. The fourth-order valence-electron chi connectivity index (χ4n) is 5.07. The van der Waals surface area contributed by atoms with Gasteiger partial charge in [0.05, 0.1) is 28.4 Å². The summed E-state index contributed by atoms with van der Waals surface area (Å²) in [5.74, 6) is -0.0980. The van der Waals surface area contributed by atoms with E-state index in [0.29, 0.717) is 46.1 Å². The number of aryl methyl sites for hydroxylation is 1. The van der Waals surface area contributed by atoms with Gasteiger partial charge in [0, 0.05) is 34.1 Å². The molecule has 0 bridgehead atoms. The zero-order chi connectivity index (χ0) is 24.3. The average Bonchev–Trinajstić information content (AvgIpc) is 3.60. The molecule has 0 saturated carbocycles.